The molecule has 8 nitrogen and oxygen atoms in total. The molecule has 0 bridgehead atoms. The second-order valence-electron chi connectivity index (χ2n) is 9.67. The molecule has 0 aliphatic carbocycles. The summed E-state index contributed by atoms with van der Waals surface area (Å²) in [6.07, 6.45) is 0.00689. The van der Waals surface area contributed by atoms with Crippen molar-refractivity contribution in [3.05, 3.63) is 83.9 Å². The second-order valence-corrected chi connectivity index (χ2v) is 10.7. The average molecular weight is 546 g/mol. The number of aliphatic hydroxyl groups excluding tert-OH is 1. The summed E-state index contributed by atoms with van der Waals surface area (Å²) in [5.74, 6) is 0.799. The van der Waals surface area contributed by atoms with Crippen molar-refractivity contribution in [2.45, 2.75) is 18.7 Å². The molecular weight excluding hydrogens is 510 g/mol. The smallest absolute Gasteiger partial charge is 0.241 e. The lowest BCUT2D eigenvalue weighted by Gasteiger charge is -2.40. The number of rotatable bonds is 10. The summed E-state index contributed by atoms with van der Waals surface area (Å²) >= 11 is 1.61. The zero-order chi connectivity index (χ0) is 27.2. The van der Waals surface area contributed by atoms with Crippen molar-refractivity contribution in [1.29, 1.82) is 0 Å². The number of hydrogen-bond acceptors (Lipinski definition) is 8. The number of nitrogens with zero attached hydrogens (tertiary/aromatic N) is 3. The van der Waals surface area contributed by atoms with Gasteiger partial charge in [0.15, 0.2) is 0 Å². The first kappa shape index (κ1) is 27.2. The maximum atomic E-state index is 13.2. The van der Waals surface area contributed by atoms with Gasteiger partial charge in [0.25, 0.3) is 0 Å². The molecule has 1 fully saturated rings. The molecule has 3 aromatic carbocycles. The Morgan fingerprint density at radius 3 is 2.51 bits per heavy atom. The van der Waals surface area contributed by atoms with Gasteiger partial charge in [-0.25, -0.2) is 4.98 Å². The summed E-state index contributed by atoms with van der Waals surface area (Å²) in [4.78, 5) is 22.2. The van der Waals surface area contributed by atoms with Crippen molar-refractivity contribution in [3.8, 4) is 16.3 Å². The third-order valence-corrected chi connectivity index (χ3v) is 8.20. The van der Waals surface area contributed by atoms with E-state index in [1.165, 1.54) is 0 Å². The molecule has 0 saturated carbocycles. The van der Waals surface area contributed by atoms with E-state index >= 15 is 0 Å². The van der Waals surface area contributed by atoms with Gasteiger partial charge in [0.2, 0.25) is 5.91 Å². The Labute approximate surface area is 233 Å². The molecule has 9 heteroatoms. The van der Waals surface area contributed by atoms with E-state index in [1.54, 1.807) is 18.4 Å². The van der Waals surface area contributed by atoms with Crippen LogP contribution in [0.1, 0.15) is 29.8 Å². The number of aromatic nitrogens is 1. The lowest BCUT2D eigenvalue weighted by Crippen LogP contribution is -2.51. The van der Waals surface area contributed by atoms with Crippen LogP contribution in [0.15, 0.2) is 72.8 Å². The molecule has 4 N–H and O–H groups in total. The molecule has 204 valence electrons. The number of amides is 1. The first-order chi connectivity index (χ1) is 19.1. The molecule has 2 heterocycles. The van der Waals surface area contributed by atoms with E-state index in [9.17, 15) is 9.90 Å². The first-order valence-corrected chi connectivity index (χ1v) is 14.1. The summed E-state index contributed by atoms with van der Waals surface area (Å²) in [6.45, 7) is 3.73. The van der Waals surface area contributed by atoms with Crippen LogP contribution >= 0.6 is 11.3 Å². The fourth-order valence-electron chi connectivity index (χ4n) is 5.01. The second kappa shape index (κ2) is 12.7. The molecule has 1 saturated heterocycles. The molecule has 1 aliphatic rings. The number of nitrogens with two attached hydrogens (primary N) is 1. The Hall–Kier alpha value is -3.34. The van der Waals surface area contributed by atoms with Gasteiger partial charge >= 0.3 is 0 Å². The Kier molecular flexibility index (Phi) is 8.85. The van der Waals surface area contributed by atoms with E-state index in [0.29, 0.717) is 39.3 Å². The van der Waals surface area contributed by atoms with Crippen LogP contribution in [0.25, 0.3) is 20.8 Å². The zero-order valence-electron chi connectivity index (χ0n) is 22.1. The van der Waals surface area contributed by atoms with Crippen LogP contribution in [0.2, 0.25) is 0 Å². The molecule has 4 aromatic rings. The van der Waals surface area contributed by atoms with Crippen LogP contribution in [0.4, 0.5) is 0 Å². The number of carbonyl (C=O) groups excluding carboxylic acids is 1. The summed E-state index contributed by atoms with van der Waals surface area (Å²) in [6, 6.07) is 23.3. The van der Waals surface area contributed by atoms with Gasteiger partial charge in [0, 0.05) is 38.3 Å². The van der Waals surface area contributed by atoms with Gasteiger partial charge in [-0.2, -0.15) is 0 Å². The van der Waals surface area contributed by atoms with E-state index in [0.717, 1.165) is 44.1 Å². The lowest BCUT2D eigenvalue weighted by molar-refractivity contribution is -0.128. The molecule has 5 rings (SSSR count). The summed E-state index contributed by atoms with van der Waals surface area (Å²) in [5, 5.41) is 15.2. The van der Waals surface area contributed by atoms with Crippen molar-refractivity contribution >= 4 is 27.5 Å². The minimum absolute atomic E-state index is 0.00944. The summed E-state index contributed by atoms with van der Waals surface area (Å²) < 4.78 is 6.41. The van der Waals surface area contributed by atoms with Crippen LogP contribution in [-0.4, -0.2) is 72.2 Å². The summed E-state index contributed by atoms with van der Waals surface area (Å²) in [7, 11) is 1.66. The highest BCUT2D eigenvalue weighted by molar-refractivity contribution is 7.21. The fourth-order valence-corrected chi connectivity index (χ4v) is 6.00. The van der Waals surface area contributed by atoms with Crippen molar-refractivity contribution in [2.75, 3.05) is 46.4 Å². The van der Waals surface area contributed by atoms with Crippen LogP contribution in [-0.2, 0) is 4.79 Å². The molecule has 39 heavy (non-hydrogen) atoms. The molecule has 1 aliphatic heterocycles. The fraction of sp³-hybridized carbons (Fsp3) is 0.333. The standard InChI is InChI=1S/C30H35N5O3S/c1-38-24-11-12-25-26(20-24)39-29(33-25)22-9-5-10-23(19-22)30(37)35-17-15-34(16-18-35)27(21-7-3-2-4-8-21)28(36)32-14-6-13-31/h2-5,7-12,19-20,27,30,37H,6,13-18,31H2,1H3,(H,32,36). The van der Waals surface area contributed by atoms with E-state index in [1.807, 2.05) is 72.8 Å². The van der Waals surface area contributed by atoms with Gasteiger partial charge in [-0.3, -0.25) is 14.6 Å². The Balaban J connectivity index is 1.27. The number of carbonyl (C=O) groups is 1. The highest BCUT2D eigenvalue weighted by Crippen LogP contribution is 2.34. The number of hydrogen-bond donors (Lipinski definition) is 3. The largest absolute Gasteiger partial charge is 0.497 e. The van der Waals surface area contributed by atoms with Crippen LogP contribution in [0.5, 0.6) is 5.75 Å². The molecule has 1 amide bonds. The van der Waals surface area contributed by atoms with Gasteiger partial charge in [-0.1, -0.05) is 48.5 Å². The quantitative estimate of drug-likeness (QED) is 0.261. The number of thiazole rings is 1. The minimum Gasteiger partial charge on any atom is -0.497 e. The van der Waals surface area contributed by atoms with Crippen molar-refractivity contribution in [2.24, 2.45) is 5.73 Å². The van der Waals surface area contributed by atoms with Crippen LogP contribution in [0, 0.1) is 0 Å². The third kappa shape index (κ3) is 6.29. The molecule has 0 radical (unpaired) electrons. The number of methoxy groups -OCH3 is 1. The molecule has 2 unspecified atom stereocenters. The number of nitrogens with one attached hydrogen (secondary N) is 1. The number of piperazine rings is 1. The lowest BCUT2D eigenvalue weighted by atomic mass is 10.0. The van der Waals surface area contributed by atoms with Crippen molar-refractivity contribution in [3.63, 3.8) is 0 Å². The van der Waals surface area contributed by atoms with E-state index < -0.39 is 6.23 Å². The number of aliphatic hydroxyl groups is 1. The van der Waals surface area contributed by atoms with Crippen LogP contribution in [0.3, 0.4) is 0 Å². The Morgan fingerprint density at radius 1 is 1.03 bits per heavy atom. The molecule has 1 aromatic heterocycles. The maximum absolute atomic E-state index is 13.2. The van der Waals surface area contributed by atoms with Crippen LogP contribution < -0.4 is 15.8 Å². The van der Waals surface area contributed by atoms with Gasteiger partial charge < -0.3 is 20.9 Å². The van der Waals surface area contributed by atoms with E-state index in [-0.39, 0.29) is 11.9 Å². The highest BCUT2D eigenvalue weighted by Gasteiger charge is 2.32. The SMILES string of the molecule is COc1ccc2nc(-c3cccc(C(O)N4CCN(C(C(=O)NCCCN)c5ccccc5)CC4)c3)sc2c1. The van der Waals surface area contributed by atoms with Gasteiger partial charge in [0.05, 0.1) is 17.3 Å². The monoisotopic (exact) mass is 545 g/mol. The molecule has 0 spiro atoms. The Bertz CT molecular complexity index is 1390. The first-order valence-electron chi connectivity index (χ1n) is 13.3. The normalized spacial score (nSPS) is 16.2. The Morgan fingerprint density at radius 2 is 1.77 bits per heavy atom. The van der Waals surface area contributed by atoms with Crippen molar-refractivity contribution in [1.82, 2.24) is 20.1 Å². The van der Waals surface area contributed by atoms with Gasteiger partial charge in [-0.05, 0) is 48.4 Å². The van der Waals surface area contributed by atoms with Gasteiger partial charge in [0.1, 0.15) is 23.0 Å². The number of benzene rings is 3. The third-order valence-electron chi connectivity index (χ3n) is 7.13. The predicted octanol–water partition coefficient (Wildman–Crippen LogP) is 3.79. The zero-order valence-corrected chi connectivity index (χ0v) is 22.9. The minimum atomic E-state index is -0.741. The predicted molar refractivity (Wildman–Crippen MR) is 156 cm³/mol. The summed E-state index contributed by atoms with van der Waals surface area (Å²) in [5.41, 5.74) is 9.31. The maximum Gasteiger partial charge on any atom is 0.241 e. The van der Waals surface area contributed by atoms with E-state index in [4.69, 9.17) is 15.5 Å². The number of fused-ring (bicyclic) bond motifs is 1. The number of ether oxygens (including phenoxy) is 1. The molecular formula is C30H35N5O3S. The highest BCUT2D eigenvalue weighted by atomic mass is 32.1. The topological polar surface area (TPSA) is 104 Å². The molecule has 2 atom stereocenters. The van der Waals surface area contributed by atoms with Crippen molar-refractivity contribution < 1.29 is 14.6 Å². The average Bonchev–Trinajstić information content (AvgIpc) is 3.42. The van der Waals surface area contributed by atoms with E-state index in [2.05, 4.69) is 15.1 Å². The van der Waals surface area contributed by atoms with Gasteiger partial charge in [-0.15, -0.1) is 11.3 Å².